The molecule has 0 saturated heterocycles. The normalized spacial score (nSPS) is 11.2. The van der Waals surface area contributed by atoms with E-state index in [1.807, 2.05) is 10.8 Å². The number of fused-ring (bicyclic) bond motifs is 1. The fourth-order valence-electron chi connectivity index (χ4n) is 3.01. The largest absolute Gasteiger partial charge is 0.444 e. The van der Waals surface area contributed by atoms with E-state index in [1.165, 1.54) is 16.9 Å². The first kappa shape index (κ1) is 18.9. The van der Waals surface area contributed by atoms with Gasteiger partial charge < -0.3 is 8.98 Å². The summed E-state index contributed by atoms with van der Waals surface area (Å²) in [5.41, 5.74) is 3.29. The van der Waals surface area contributed by atoms with Crippen LogP contribution in [0.1, 0.15) is 28.1 Å². The Bertz CT molecular complexity index is 1120. The van der Waals surface area contributed by atoms with Gasteiger partial charge in [0.2, 0.25) is 0 Å². The average molecular weight is 459 g/mol. The highest BCUT2D eigenvalue weighted by molar-refractivity contribution is 9.10. The zero-order valence-corrected chi connectivity index (χ0v) is 18.0. The number of hydrogen-bond donors (Lipinski definition) is 0. The van der Waals surface area contributed by atoms with E-state index in [1.54, 1.807) is 29.6 Å². The molecule has 4 aromatic rings. The fourth-order valence-corrected chi connectivity index (χ4v) is 4.36. The third-order valence-electron chi connectivity index (χ3n) is 4.69. The number of halogens is 1. The quantitative estimate of drug-likeness (QED) is 0.398. The number of anilines is 1. The lowest BCUT2D eigenvalue weighted by molar-refractivity contribution is 0.0958. The van der Waals surface area contributed by atoms with Gasteiger partial charge in [0.05, 0.1) is 16.5 Å². The molecule has 0 aliphatic heterocycles. The van der Waals surface area contributed by atoms with Crippen molar-refractivity contribution in [2.24, 2.45) is 0 Å². The van der Waals surface area contributed by atoms with Crippen molar-refractivity contribution in [3.05, 3.63) is 64.5 Å². The molecule has 1 aromatic carbocycles. The summed E-state index contributed by atoms with van der Waals surface area (Å²) in [6, 6.07) is 7.56. The molecule has 0 radical (unpaired) electrons. The van der Waals surface area contributed by atoms with Crippen molar-refractivity contribution in [3.63, 3.8) is 0 Å². The van der Waals surface area contributed by atoms with Crippen LogP contribution >= 0.6 is 27.3 Å². The van der Waals surface area contributed by atoms with Gasteiger partial charge in [-0.05, 0) is 65.5 Å². The number of amides is 1. The van der Waals surface area contributed by atoms with Crippen LogP contribution in [-0.2, 0) is 6.54 Å². The van der Waals surface area contributed by atoms with Crippen molar-refractivity contribution in [2.75, 3.05) is 11.4 Å². The number of benzene rings is 1. The van der Waals surface area contributed by atoms with Crippen molar-refractivity contribution in [3.8, 4) is 0 Å². The second-order valence-corrected chi connectivity index (χ2v) is 8.36. The molecule has 0 saturated carbocycles. The summed E-state index contributed by atoms with van der Waals surface area (Å²) in [6.45, 7) is 5.44. The van der Waals surface area contributed by atoms with Crippen LogP contribution < -0.4 is 4.90 Å². The maximum Gasteiger partial charge on any atom is 0.295 e. The van der Waals surface area contributed by atoms with Crippen molar-refractivity contribution >= 4 is 48.5 Å². The van der Waals surface area contributed by atoms with E-state index >= 15 is 0 Å². The van der Waals surface area contributed by atoms with E-state index in [4.69, 9.17) is 9.40 Å². The lowest BCUT2D eigenvalue weighted by Gasteiger charge is -2.18. The maximum atomic E-state index is 13.1. The Morgan fingerprint density at radius 2 is 2.14 bits per heavy atom. The van der Waals surface area contributed by atoms with Crippen LogP contribution in [0.4, 0.5) is 5.13 Å². The van der Waals surface area contributed by atoms with E-state index in [2.05, 4.69) is 46.9 Å². The number of furan rings is 1. The van der Waals surface area contributed by atoms with E-state index in [-0.39, 0.29) is 5.91 Å². The van der Waals surface area contributed by atoms with Crippen LogP contribution in [0, 0.1) is 13.8 Å². The monoisotopic (exact) mass is 458 g/mol. The Balaban J connectivity index is 1.65. The van der Waals surface area contributed by atoms with Gasteiger partial charge in [0.15, 0.2) is 15.6 Å². The summed E-state index contributed by atoms with van der Waals surface area (Å²) in [5, 5.41) is 0.687. The molecule has 0 unspecified atom stereocenters. The van der Waals surface area contributed by atoms with E-state index < -0.39 is 0 Å². The number of nitrogens with zero attached hydrogens (tertiary/aromatic N) is 4. The predicted octanol–water partition coefficient (Wildman–Crippen LogP) is 5.20. The molecule has 3 heterocycles. The highest BCUT2D eigenvalue weighted by atomic mass is 79.9. The zero-order chi connectivity index (χ0) is 19.7. The van der Waals surface area contributed by atoms with Gasteiger partial charge in [0.1, 0.15) is 0 Å². The van der Waals surface area contributed by atoms with Crippen molar-refractivity contribution < 1.29 is 9.21 Å². The third-order valence-corrected chi connectivity index (χ3v) is 6.16. The Kier molecular flexibility index (Phi) is 5.32. The number of aryl methyl sites for hydroxylation is 3. The minimum atomic E-state index is -0.190. The first-order chi connectivity index (χ1) is 13.5. The number of rotatable bonds is 6. The van der Waals surface area contributed by atoms with E-state index in [0.29, 0.717) is 22.1 Å². The zero-order valence-electron chi connectivity index (χ0n) is 15.6. The van der Waals surface area contributed by atoms with Gasteiger partial charge in [-0.1, -0.05) is 17.4 Å². The molecule has 0 spiro atoms. The minimum absolute atomic E-state index is 0.190. The summed E-state index contributed by atoms with van der Waals surface area (Å²) in [4.78, 5) is 23.7. The van der Waals surface area contributed by atoms with Gasteiger partial charge in [-0.3, -0.25) is 9.69 Å². The minimum Gasteiger partial charge on any atom is -0.444 e. The topological polar surface area (TPSA) is 64.2 Å². The molecule has 6 nitrogen and oxygen atoms in total. The molecule has 8 heteroatoms. The summed E-state index contributed by atoms with van der Waals surface area (Å²) in [7, 11) is 0. The number of carbonyl (C=O) groups is 1. The molecule has 0 aliphatic rings. The summed E-state index contributed by atoms with van der Waals surface area (Å²) in [6.07, 6.45) is 6.22. The summed E-state index contributed by atoms with van der Waals surface area (Å²) in [5.74, 6) is 0.103. The molecule has 0 N–H and O–H groups in total. The number of hydrogen-bond acceptors (Lipinski definition) is 5. The van der Waals surface area contributed by atoms with E-state index in [0.717, 1.165) is 28.7 Å². The van der Waals surface area contributed by atoms with Gasteiger partial charge in [0, 0.05) is 25.5 Å². The van der Waals surface area contributed by atoms with Crippen LogP contribution in [0.3, 0.4) is 0 Å². The average Bonchev–Trinajstić information content (AvgIpc) is 3.42. The predicted molar refractivity (Wildman–Crippen MR) is 114 cm³/mol. The summed E-state index contributed by atoms with van der Waals surface area (Å²) < 4.78 is 9.11. The first-order valence-corrected chi connectivity index (χ1v) is 10.5. The molecule has 144 valence electrons. The molecule has 1 amide bonds. The SMILES string of the molecule is Cc1ccc2sc(N(CCCn3ccnc3)C(=O)c3ccc(Br)o3)nc2c1C. The van der Waals surface area contributed by atoms with Gasteiger partial charge in [-0.2, -0.15) is 0 Å². The Labute approximate surface area is 174 Å². The number of thiazole rings is 1. The molecular weight excluding hydrogens is 440 g/mol. The van der Waals surface area contributed by atoms with Crippen molar-refractivity contribution in [1.82, 2.24) is 14.5 Å². The van der Waals surface area contributed by atoms with Crippen LogP contribution in [0.25, 0.3) is 10.2 Å². The molecular formula is C20H19BrN4O2S. The van der Waals surface area contributed by atoms with Crippen LogP contribution in [0.2, 0.25) is 0 Å². The lowest BCUT2D eigenvalue weighted by atomic mass is 10.1. The molecule has 28 heavy (non-hydrogen) atoms. The van der Waals surface area contributed by atoms with Gasteiger partial charge in [0.25, 0.3) is 5.91 Å². The molecule has 0 atom stereocenters. The number of imidazole rings is 1. The molecule has 0 fully saturated rings. The van der Waals surface area contributed by atoms with Crippen molar-refractivity contribution in [1.29, 1.82) is 0 Å². The van der Waals surface area contributed by atoms with Gasteiger partial charge in [-0.25, -0.2) is 9.97 Å². The lowest BCUT2D eigenvalue weighted by Crippen LogP contribution is -2.32. The van der Waals surface area contributed by atoms with Crippen molar-refractivity contribution in [2.45, 2.75) is 26.8 Å². The third kappa shape index (κ3) is 3.74. The highest BCUT2D eigenvalue weighted by Gasteiger charge is 2.24. The Hall–Kier alpha value is -2.45. The Morgan fingerprint density at radius 3 is 2.86 bits per heavy atom. The maximum absolute atomic E-state index is 13.1. The Morgan fingerprint density at radius 1 is 1.29 bits per heavy atom. The van der Waals surface area contributed by atoms with Crippen LogP contribution in [0.5, 0.6) is 0 Å². The first-order valence-electron chi connectivity index (χ1n) is 8.92. The number of carbonyl (C=O) groups excluding carboxylic acids is 1. The molecule has 4 rings (SSSR count). The van der Waals surface area contributed by atoms with Gasteiger partial charge >= 0.3 is 0 Å². The molecule has 0 aliphatic carbocycles. The highest BCUT2D eigenvalue weighted by Crippen LogP contribution is 2.33. The second kappa shape index (κ2) is 7.89. The van der Waals surface area contributed by atoms with Crippen LogP contribution in [-0.4, -0.2) is 27.0 Å². The fraction of sp³-hybridized carbons (Fsp3) is 0.250. The molecule has 3 aromatic heterocycles. The van der Waals surface area contributed by atoms with Crippen LogP contribution in [0.15, 0.2) is 52.1 Å². The number of aromatic nitrogens is 3. The smallest absolute Gasteiger partial charge is 0.295 e. The summed E-state index contributed by atoms with van der Waals surface area (Å²) >= 11 is 4.80. The second-order valence-electron chi connectivity index (χ2n) is 6.57. The van der Waals surface area contributed by atoms with E-state index in [9.17, 15) is 4.79 Å². The molecule has 0 bridgehead atoms. The van der Waals surface area contributed by atoms with Gasteiger partial charge in [-0.15, -0.1) is 0 Å². The standard InChI is InChI=1S/C20H19BrN4O2S/c1-13-4-6-16-18(14(13)2)23-20(28-16)25(10-3-9-24-11-8-22-12-24)19(26)15-5-7-17(21)27-15/h4-8,11-12H,3,9-10H2,1-2H3.